The highest BCUT2D eigenvalue weighted by molar-refractivity contribution is 5.22. The Bertz CT molecular complexity index is 279. The van der Waals surface area contributed by atoms with Gasteiger partial charge in [0.1, 0.15) is 12.2 Å². The predicted octanol–water partition coefficient (Wildman–Crippen LogP) is 1.28. The summed E-state index contributed by atoms with van der Waals surface area (Å²) in [6, 6.07) is 0. The van der Waals surface area contributed by atoms with Gasteiger partial charge < -0.3 is 9.47 Å². The Kier molecular flexibility index (Phi) is 1.08. The fourth-order valence-electron chi connectivity index (χ4n) is 2.99. The highest BCUT2D eigenvalue weighted by atomic mass is 16.6. The quantitative estimate of drug-likeness (QED) is 0.518. The van der Waals surface area contributed by atoms with E-state index in [9.17, 15) is 0 Å². The van der Waals surface area contributed by atoms with Crippen LogP contribution >= 0.6 is 0 Å². The van der Waals surface area contributed by atoms with E-state index in [-0.39, 0.29) is 12.2 Å². The van der Waals surface area contributed by atoms with Crippen molar-refractivity contribution in [3.05, 3.63) is 24.3 Å². The maximum Gasteiger partial charge on any atom is 0.106 e. The fourth-order valence-corrected chi connectivity index (χ4v) is 2.99. The van der Waals surface area contributed by atoms with Gasteiger partial charge >= 0.3 is 0 Å². The summed E-state index contributed by atoms with van der Waals surface area (Å²) in [4.78, 5) is 0. The molecular formula is C11H12O2. The van der Waals surface area contributed by atoms with Crippen LogP contribution in [0.15, 0.2) is 24.3 Å². The molecule has 4 rings (SSSR count). The molecule has 0 aromatic carbocycles. The molecular weight excluding hydrogens is 164 g/mol. The van der Waals surface area contributed by atoms with Gasteiger partial charge in [-0.3, -0.25) is 0 Å². The van der Waals surface area contributed by atoms with Crippen molar-refractivity contribution in [2.75, 3.05) is 0 Å². The molecule has 0 amide bonds. The molecule has 4 aliphatic rings. The van der Waals surface area contributed by atoms with E-state index in [0.717, 1.165) is 0 Å². The molecule has 1 aliphatic heterocycles. The van der Waals surface area contributed by atoms with Gasteiger partial charge in [0.2, 0.25) is 0 Å². The molecule has 2 fully saturated rings. The Morgan fingerprint density at radius 3 is 1.77 bits per heavy atom. The monoisotopic (exact) mass is 176 g/mol. The molecule has 3 aliphatic carbocycles. The summed E-state index contributed by atoms with van der Waals surface area (Å²) in [5.74, 6) is 1.26. The number of fused-ring (bicyclic) bond motifs is 6. The van der Waals surface area contributed by atoms with Crippen LogP contribution in [0.4, 0.5) is 0 Å². The van der Waals surface area contributed by atoms with Crippen molar-refractivity contribution < 1.29 is 9.47 Å². The summed E-state index contributed by atoms with van der Waals surface area (Å²) in [5, 5.41) is 0. The summed E-state index contributed by atoms with van der Waals surface area (Å²) < 4.78 is 12.0. The molecule has 0 N–H and O–H groups in total. The minimum absolute atomic E-state index is 0.258. The minimum atomic E-state index is 0.258. The van der Waals surface area contributed by atoms with Gasteiger partial charge in [0.25, 0.3) is 0 Å². The average Bonchev–Trinajstić information content (AvgIpc) is 2.67. The van der Waals surface area contributed by atoms with Crippen LogP contribution in [0.25, 0.3) is 0 Å². The maximum atomic E-state index is 5.98. The minimum Gasteiger partial charge on any atom is -0.365 e. The van der Waals surface area contributed by atoms with E-state index >= 15 is 0 Å². The van der Waals surface area contributed by atoms with Crippen molar-refractivity contribution in [2.45, 2.75) is 30.8 Å². The van der Waals surface area contributed by atoms with Gasteiger partial charge in [-0.05, 0) is 6.42 Å². The second-order valence-corrected chi connectivity index (χ2v) is 4.46. The lowest BCUT2D eigenvalue weighted by Gasteiger charge is -2.44. The standard InChI is InChI=1S/C11H12O2/c1-2-7-5-6(1)10-11(7)13-9-4-3-8(9)12-10/h1-4,6-11H,5H2/t6?,7?,8-,9+,10-,11+. The van der Waals surface area contributed by atoms with Gasteiger partial charge in [0, 0.05) is 11.8 Å². The summed E-state index contributed by atoms with van der Waals surface area (Å²) in [6.45, 7) is 0. The van der Waals surface area contributed by atoms with E-state index in [2.05, 4.69) is 24.3 Å². The highest BCUT2D eigenvalue weighted by Gasteiger charge is 2.52. The Morgan fingerprint density at radius 2 is 1.31 bits per heavy atom. The molecule has 2 heteroatoms. The zero-order valence-corrected chi connectivity index (χ0v) is 7.30. The van der Waals surface area contributed by atoms with Crippen LogP contribution in [-0.2, 0) is 9.47 Å². The summed E-state index contributed by atoms with van der Waals surface area (Å²) >= 11 is 0. The molecule has 6 atom stereocenters. The molecule has 0 aromatic rings. The van der Waals surface area contributed by atoms with Gasteiger partial charge in [-0.15, -0.1) is 0 Å². The Balaban J connectivity index is 1.69. The lowest BCUT2D eigenvalue weighted by molar-refractivity contribution is -0.203. The average molecular weight is 176 g/mol. The molecule has 13 heavy (non-hydrogen) atoms. The first-order valence-corrected chi connectivity index (χ1v) is 5.09. The molecule has 68 valence electrons. The van der Waals surface area contributed by atoms with Crippen molar-refractivity contribution in [3.8, 4) is 0 Å². The van der Waals surface area contributed by atoms with Gasteiger partial charge in [-0.25, -0.2) is 0 Å². The molecule has 1 heterocycles. The van der Waals surface area contributed by atoms with Crippen molar-refractivity contribution in [3.63, 3.8) is 0 Å². The van der Waals surface area contributed by atoms with Gasteiger partial charge in [0.05, 0.1) is 12.2 Å². The van der Waals surface area contributed by atoms with Crippen LogP contribution in [0.5, 0.6) is 0 Å². The van der Waals surface area contributed by atoms with Crippen LogP contribution in [0.1, 0.15) is 6.42 Å². The largest absolute Gasteiger partial charge is 0.365 e. The normalized spacial score (nSPS) is 60.3. The Labute approximate surface area is 77.2 Å². The van der Waals surface area contributed by atoms with Crippen molar-refractivity contribution in [2.24, 2.45) is 11.8 Å². The van der Waals surface area contributed by atoms with Crippen LogP contribution in [0.3, 0.4) is 0 Å². The lowest BCUT2D eigenvalue weighted by atomic mass is 9.94. The van der Waals surface area contributed by atoms with E-state index in [1.165, 1.54) is 6.42 Å². The number of ether oxygens (including phenoxy) is 2. The fraction of sp³-hybridized carbons (Fsp3) is 0.636. The first kappa shape index (κ1) is 6.80. The highest BCUT2D eigenvalue weighted by Crippen LogP contribution is 2.47. The van der Waals surface area contributed by atoms with Gasteiger partial charge in [-0.1, -0.05) is 24.3 Å². The molecule has 1 saturated heterocycles. The summed E-state index contributed by atoms with van der Waals surface area (Å²) in [7, 11) is 0. The van der Waals surface area contributed by atoms with Crippen molar-refractivity contribution in [1.82, 2.24) is 0 Å². The van der Waals surface area contributed by atoms with E-state index in [1.807, 2.05) is 0 Å². The van der Waals surface area contributed by atoms with Crippen molar-refractivity contribution >= 4 is 0 Å². The molecule has 0 aromatic heterocycles. The van der Waals surface area contributed by atoms with E-state index in [1.54, 1.807) is 0 Å². The third-order valence-electron chi connectivity index (χ3n) is 3.76. The molecule has 2 bridgehead atoms. The topological polar surface area (TPSA) is 18.5 Å². The zero-order chi connectivity index (χ0) is 8.41. The third kappa shape index (κ3) is 0.720. The first-order valence-electron chi connectivity index (χ1n) is 5.09. The zero-order valence-electron chi connectivity index (χ0n) is 7.30. The Morgan fingerprint density at radius 1 is 0.769 bits per heavy atom. The number of hydrogen-bond acceptors (Lipinski definition) is 2. The van der Waals surface area contributed by atoms with E-state index in [0.29, 0.717) is 24.0 Å². The van der Waals surface area contributed by atoms with Crippen LogP contribution in [0.2, 0.25) is 0 Å². The smallest absolute Gasteiger partial charge is 0.106 e. The predicted molar refractivity (Wildman–Crippen MR) is 47.2 cm³/mol. The number of rotatable bonds is 0. The van der Waals surface area contributed by atoms with Gasteiger partial charge in [-0.2, -0.15) is 0 Å². The van der Waals surface area contributed by atoms with Crippen LogP contribution in [-0.4, -0.2) is 24.4 Å². The molecule has 2 nitrogen and oxygen atoms in total. The summed E-state index contributed by atoms with van der Waals surface area (Å²) in [5.41, 5.74) is 0. The van der Waals surface area contributed by atoms with Crippen molar-refractivity contribution in [1.29, 1.82) is 0 Å². The van der Waals surface area contributed by atoms with Crippen LogP contribution < -0.4 is 0 Å². The molecule has 2 unspecified atom stereocenters. The summed E-state index contributed by atoms with van der Waals surface area (Å²) in [6.07, 6.45) is 11.3. The SMILES string of the molecule is C1=CC2CC1[C@H]1O[C@@H]3C=C[C@@H]3O[C@@H]21. The lowest BCUT2D eigenvalue weighted by Crippen LogP contribution is -2.52. The van der Waals surface area contributed by atoms with Crippen LogP contribution in [0, 0.1) is 11.8 Å². The first-order chi connectivity index (χ1) is 6.42. The second-order valence-electron chi connectivity index (χ2n) is 4.46. The van der Waals surface area contributed by atoms with Gasteiger partial charge in [0.15, 0.2) is 0 Å². The second kappa shape index (κ2) is 2.07. The molecule has 0 spiro atoms. The Hall–Kier alpha value is -0.600. The number of hydrogen-bond donors (Lipinski definition) is 0. The molecule has 0 radical (unpaired) electrons. The molecule has 1 saturated carbocycles. The van der Waals surface area contributed by atoms with E-state index in [4.69, 9.17) is 9.47 Å². The third-order valence-corrected chi connectivity index (χ3v) is 3.76. The maximum absolute atomic E-state index is 5.98. The van der Waals surface area contributed by atoms with E-state index < -0.39 is 0 Å².